The zero-order chi connectivity index (χ0) is 26.8. The van der Waals surface area contributed by atoms with E-state index >= 15 is 0 Å². The Balaban J connectivity index is -0.000000642. The van der Waals surface area contributed by atoms with Gasteiger partial charge in [-0.25, -0.2) is 0 Å². The summed E-state index contributed by atoms with van der Waals surface area (Å²) in [5.41, 5.74) is 22.4. The van der Waals surface area contributed by atoms with Gasteiger partial charge in [0.1, 0.15) is 0 Å². The van der Waals surface area contributed by atoms with Crippen LogP contribution in [-0.2, 0) is 101 Å². The standard InChI is InChI=1S/C14H36N3O7Si3.3Cd.3S/c1-18-25(19-2,12-6-9-15)23-27(22-5,14-8-11-17)24-26(20-3,21-4)13-7-10-16;;;;;;/h15-17H,6-14H2,1-5H3;;;;;;/q-3;;;;;;. The molecule has 0 rings (SSSR count). The summed E-state index contributed by atoms with van der Waals surface area (Å²) in [6, 6.07) is 1.33. The van der Waals surface area contributed by atoms with E-state index in [0.717, 1.165) is 71.1 Å². The topological polar surface area (TPSA) is 136 Å². The minimum atomic E-state index is -3.36. The van der Waals surface area contributed by atoms with E-state index in [-0.39, 0.29) is 19.6 Å². The van der Waals surface area contributed by atoms with E-state index in [4.69, 9.17) is 47.6 Å². The SMILES string of the molecule is CO[Si](CCC[NH-])(OC)O[Si](CCC[NH-])(OC)O[Si](CCC[NH-])(OC)OC.[S]=[Cd].[S]=[Cd].[S]=[Cd]. The molecule has 19 heteroatoms. The normalized spacial score (nSPS) is 11.5. The number of nitrogens with one attached hydrogen (secondary N) is 3. The second-order valence-corrected chi connectivity index (χ2v) is 15.1. The van der Waals surface area contributed by atoms with E-state index in [1.807, 2.05) is 0 Å². The van der Waals surface area contributed by atoms with Crippen molar-refractivity contribution in [2.45, 2.75) is 37.4 Å². The van der Waals surface area contributed by atoms with Crippen molar-refractivity contribution in [3.63, 3.8) is 0 Å². The van der Waals surface area contributed by atoms with Crippen molar-refractivity contribution >= 4 is 52.4 Å². The van der Waals surface area contributed by atoms with Gasteiger partial charge in [-0.05, 0) is 0 Å². The van der Waals surface area contributed by atoms with Gasteiger partial charge < -0.3 is 47.6 Å². The molecule has 0 heterocycles. The van der Waals surface area contributed by atoms with Crippen LogP contribution in [0.4, 0.5) is 0 Å². The molecule has 0 aromatic rings. The molecule has 0 aromatic carbocycles. The Morgan fingerprint density at radius 3 is 0.879 bits per heavy atom. The van der Waals surface area contributed by atoms with Gasteiger partial charge in [-0.2, -0.15) is 19.6 Å². The molecule has 10 nitrogen and oxygen atoms in total. The molecule has 0 unspecified atom stereocenters. The number of rotatable bonds is 18. The van der Waals surface area contributed by atoms with E-state index in [0.29, 0.717) is 37.4 Å². The fraction of sp³-hybridized carbons (Fsp3) is 1.00. The van der Waals surface area contributed by atoms with Gasteiger partial charge in [0.25, 0.3) is 0 Å². The molecule has 0 aliphatic heterocycles. The van der Waals surface area contributed by atoms with Crippen LogP contribution in [0.25, 0.3) is 17.2 Å². The monoisotopic (exact) mass is 880 g/mol. The molecule has 0 bridgehead atoms. The van der Waals surface area contributed by atoms with Gasteiger partial charge in [-0.1, -0.05) is 19.3 Å². The Morgan fingerprint density at radius 1 is 0.485 bits per heavy atom. The Hall–Kier alpha value is 3.68. The summed E-state index contributed by atoms with van der Waals surface area (Å²) >= 11 is 2.20. The van der Waals surface area contributed by atoms with E-state index in [1.54, 1.807) is 0 Å². The van der Waals surface area contributed by atoms with Crippen molar-refractivity contribution in [1.82, 2.24) is 0 Å². The van der Waals surface area contributed by atoms with Crippen molar-refractivity contribution in [2.75, 3.05) is 55.2 Å². The van der Waals surface area contributed by atoms with Crippen LogP contribution in [-0.4, -0.2) is 81.6 Å². The molecule has 0 atom stereocenters. The Morgan fingerprint density at radius 2 is 0.697 bits per heavy atom. The van der Waals surface area contributed by atoms with E-state index < -0.39 is 26.4 Å². The van der Waals surface area contributed by atoms with Gasteiger partial charge in [0, 0.05) is 53.7 Å². The summed E-state index contributed by atoms with van der Waals surface area (Å²) in [4.78, 5) is 0. The quantitative estimate of drug-likeness (QED) is 0.166. The van der Waals surface area contributed by atoms with Crippen LogP contribution in [0.15, 0.2) is 0 Å². The van der Waals surface area contributed by atoms with Crippen molar-refractivity contribution < 1.29 is 101 Å². The summed E-state index contributed by atoms with van der Waals surface area (Å²) in [5, 5.41) is 0. The maximum atomic E-state index is 7.52. The van der Waals surface area contributed by atoms with Gasteiger partial charge in [0.2, 0.25) is 0 Å². The predicted molar refractivity (Wildman–Crippen MR) is 133 cm³/mol. The van der Waals surface area contributed by atoms with Crippen molar-refractivity contribution in [3.05, 3.63) is 17.2 Å². The van der Waals surface area contributed by atoms with Crippen molar-refractivity contribution in [1.29, 1.82) is 0 Å². The third-order valence-corrected chi connectivity index (χ3v) is 15.1. The minimum absolute atomic E-state index is 0.202. The molecule has 3 N–H and O–H groups in total. The molecule has 0 saturated carbocycles. The molecule has 0 aliphatic carbocycles. The summed E-state index contributed by atoms with van der Waals surface area (Å²) in [5.74, 6) is 0. The summed E-state index contributed by atoms with van der Waals surface area (Å²) < 4.78 is 41.0. The Kier molecular flexibility index (Phi) is 40.0. The van der Waals surface area contributed by atoms with Crippen LogP contribution in [0.1, 0.15) is 19.3 Å². The number of hydrogen-bond donors (Lipinski definition) is 0. The first-order chi connectivity index (χ1) is 15.9. The first-order valence-electron chi connectivity index (χ1n) is 9.87. The van der Waals surface area contributed by atoms with Gasteiger partial charge in [0.15, 0.2) is 0 Å². The van der Waals surface area contributed by atoms with E-state index in [9.17, 15) is 0 Å². The fourth-order valence-corrected chi connectivity index (χ4v) is 13.7. The molecule has 0 saturated heterocycles. The Bertz CT molecular complexity index is 415. The third-order valence-electron chi connectivity index (χ3n) is 4.16. The molecule has 0 radical (unpaired) electrons. The van der Waals surface area contributed by atoms with Crippen LogP contribution in [0.2, 0.25) is 18.1 Å². The van der Waals surface area contributed by atoms with Crippen LogP contribution in [0, 0.1) is 0 Å². The second-order valence-electron chi connectivity index (χ2n) is 5.83. The molecule has 33 heavy (non-hydrogen) atoms. The molecular formula is C14H36Cd3N3O7S3Si3-3. The van der Waals surface area contributed by atoms with Crippen molar-refractivity contribution in [3.8, 4) is 0 Å². The van der Waals surface area contributed by atoms with Crippen LogP contribution >= 0.6 is 25.9 Å². The predicted octanol–water partition coefficient (Wildman–Crippen LogP) is 5.33. The zero-order valence-electron chi connectivity index (χ0n) is 20.6. The average Bonchev–Trinajstić information content (AvgIpc) is 2.91. The molecule has 0 amide bonds. The van der Waals surface area contributed by atoms with Crippen LogP contribution < -0.4 is 0 Å². The second kappa shape index (κ2) is 30.2. The van der Waals surface area contributed by atoms with Gasteiger partial charge >= 0.3 is 123 Å². The molecule has 0 spiro atoms. The Labute approximate surface area is 260 Å². The molecular weight excluding hydrogens is 840 g/mol. The van der Waals surface area contributed by atoms with Gasteiger partial charge in [0.05, 0.1) is 0 Å². The molecule has 0 aromatic heterocycles. The zero-order valence-corrected chi connectivity index (χ0v) is 38.1. The van der Waals surface area contributed by atoms with Crippen LogP contribution in [0.5, 0.6) is 0 Å². The summed E-state index contributed by atoms with van der Waals surface area (Å²) in [6.45, 7) is 0.670. The fourth-order valence-electron chi connectivity index (χ4n) is 2.54. The van der Waals surface area contributed by atoms with E-state index in [1.165, 1.54) is 35.5 Å². The average molecular weight is 876 g/mol. The summed E-state index contributed by atoms with van der Waals surface area (Å²) in [7, 11) is 10.8. The third kappa shape index (κ3) is 19.4. The molecule has 0 fully saturated rings. The molecule has 188 valence electrons. The molecule has 0 aliphatic rings. The summed E-state index contributed by atoms with van der Waals surface area (Å²) in [6.07, 6.45) is 1.65. The van der Waals surface area contributed by atoms with Crippen molar-refractivity contribution in [2.24, 2.45) is 0 Å². The maximum absolute atomic E-state index is 7.52. The number of hydrogen-bond acceptors (Lipinski definition) is 10. The van der Waals surface area contributed by atoms with Gasteiger partial charge in [-0.15, -0.1) is 0 Å². The van der Waals surface area contributed by atoms with E-state index in [2.05, 4.69) is 25.9 Å². The first-order valence-corrected chi connectivity index (χ1v) is 32.2. The first kappa shape index (κ1) is 43.7. The van der Waals surface area contributed by atoms with Crippen LogP contribution in [0.3, 0.4) is 0 Å². The van der Waals surface area contributed by atoms with Gasteiger partial charge in [-0.3, -0.25) is 0 Å².